The molecule has 0 aliphatic rings. The molecule has 0 atom stereocenters. The van der Waals surface area contributed by atoms with Gasteiger partial charge in [0.05, 0.1) is 12.7 Å². The van der Waals surface area contributed by atoms with Gasteiger partial charge in [-0.25, -0.2) is 4.79 Å². The van der Waals surface area contributed by atoms with Crippen LogP contribution in [0.2, 0.25) is 0 Å². The lowest BCUT2D eigenvalue weighted by Crippen LogP contribution is -2.09. The molecule has 114 valence electrons. The Morgan fingerprint density at radius 1 is 1.09 bits per heavy atom. The van der Waals surface area contributed by atoms with Gasteiger partial charge in [-0.3, -0.25) is 0 Å². The average Bonchev–Trinajstić information content (AvgIpc) is 2.53. The number of nitrogens with zero attached hydrogens (tertiary/aromatic N) is 1. The van der Waals surface area contributed by atoms with Crippen LogP contribution in [-0.2, 0) is 14.8 Å². The number of aryl methyl sites for hydroxylation is 1. The summed E-state index contributed by atoms with van der Waals surface area (Å²) in [5.74, 6) is -0.718. The highest BCUT2D eigenvalue weighted by molar-refractivity contribution is 7.90. The fourth-order valence-corrected chi connectivity index (χ4v) is 2.86. The molecule has 0 aromatic heterocycles. The largest absolute Gasteiger partial charge is 0.465 e. The molecule has 2 rings (SSSR count). The molecule has 0 radical (unpaired) electrons. The molecule has 0 unspecified atom stereocenters. The molecule has 0 aliphatic heterocycles. The van der Waals surface area contributed by atoms with E-state index in [4.69, 9.17) is 0 Å². The van der Waals surface area contributed by atoms with Crippen molar-refractivity contribution in [2.24, 2.45) is 4.40 Å². The van der Waals surface area contributed by atoms with Gasteiger partial charge in [0.15, 0.2) is 0 Å². The Labute approximate surface area is 129 Å². The van der Waals surface area contributed by atoms with Crippen LogP contribution in [0.15, 0.2) is 57.8 Å². The van der Waals surface area contributed by atoms with E-state index in [1.165, 1.54) is 31.5 Å². The molecule has 22 heavy (non-hydrogen) atoms. The lowest BCUT2D eigenvalue weighted by molar-refractivity contribution is 0.0596. The van der Waals surface area contributed by atoms with Crippen LogP contribution in [0.4, 0.5) is 0 Å². The summed E-state index contributed by atoms with van der Waals surface area (Å²) in [4.78, 5) is 11.5. The Hall–Kier alpha value is -2.47. The fraction of sp³-hybridized carbons (Fsp3) is 0.125. The molecule has 0 spiro atoms. The van der Waals surface area contributed by atoms with Gasteiger partial charge in [0, 0.05) is 6.21 Å². The van der Waals surface area contributed by atoms with E-state index in [9.17, 15) is 13.2 Å². The molecule has 0 aliphatic carbocycles. The van der Waals surface area contributed by atoms with Crippen LogP contribution >= 0.6 is 0 Å². The van der Waals surface area contributed by atoms with Gasteiger partial charge in [-0.2, -0.15) is 12.8 Å². The second-order valence-electron chi connectivity index (χ2n) is 4.61. The van der Waals surface area contributed by atoms with E-state index in [2.05, 4.69) is 9.13 Å². The van der Waals surface area contributed by atoms with E-state index in [1.54, 1.807) is 18.2 Å². The molecule has 0 bridgehead atoms. The van der Waals surface area contributed by atoms with Crippen molar-refractivity contribution in [1.82, 2.24) is 0 Å². The van der Waals surface area contributed by atoms with Crippen molar-refractivity contribution >= 4 is 22.2 Å². The van der Waals surface area contributed by atoms with E-state index in [0.29, 0.717) is 5.56 Å². The van der Waals surface area contributed by atoms with E-state index in [1.807, 2.05) is 19.1 Å². The predicted octanol–water partition coefficient (Wildman–Crippen LogP) is 2.59. The molecule has 0 N–H and O–H groups in total. The monoisotopic (exact) mass is 317 g/mol. The van der Waals surface area contributed by atoms with Crippen LogP contribution in [0.5, 0.6) is 0 Å². The van der Waals surface area contributed by atoms with Crippen LogP contribution in [-0.4, -0.2) is 27.7 Å². The molecule has 5 nitrogen and oxygen atoms in total. The Bertz CT molecular complexity index is 808. The highest BCUT2D eigenvalue weighted by Gasteiger charge is 2.21. The summed E-state index contributed by atoms with van der Waals surface area (Å²) >= 11 is 0. The van der Waals surface area contributed by atoms with Crippen LogP contribution in [0, 0.1) is 6.92 Å². The van der Waals surface area contributed by atoms with Crippen LogP contribution in [0.25, 0.3) is 0 Å². The first kappa shape index (κ1) is 15.9. The van der Waals surface area contributed by atoms with Crippen molar-refractivity contribution in [2.45, 2.75) is 11.8 Å². The van der Waals surface area contributed by atoms with Crippen molar-refractivity contribution < 1.29 is 17.9 Å². The van der Waals surface area contributed by atoms with E-state index in [0.717, 1.165) is 5.56 Å². The molecule has 0 fully saturated rings. The zero-order chi connectivity index (χ0) is 16.2. The third-order valence-electron chi connectivity index (χ3n) is 2.99. The van der Waals surface area contributed by atoms with E-state index >= 15 is 0 Å². The topological polar surface area (TPSA) is 72.8 Å². The van der Waals surface area contributed by atoms with Crippen LogP contribution in [0.1, 0.15) is 21.5 Å². The van der Waals surface area contributed by atoms with Crippen molar-refractivity contribution in [2.75, 3.05) is 7.11 Å². The maximum atomic E-state index is 12.3. The predicted molar refractivity (Wildman–Crippen MR) is 83.7 cm³/mol. The van der Waals surface area contributed by atoms with Gasteiger partial charge in [0.1, 0.15) is 4.90 Å². The number of benzene rings is 2. The highest BCUT2D eigenvalue weighted by Crippen LogP contribution is 2.18. The first-order valence-electron chi connectivity index (χ1n) is 6.48. The Morgan fingerprint density at radius 2 is 1.73 bits per heavy atom. The van der Waals surface area contributed by atoms with Crippen LogP contribution < -0.4 is 0 Å². The summed E-state index contributed by atoms with van der Waals surface area (Å²) in [6.07, 6.45) is 1.25. The SMILES string of the molecule is COC(=O)c1ccccc1S(=O)(=O)N=Cc1ccc(C)cc1. The second kappa shape index (κ2) is 6.53. The van der Waals surface area contributed by atoms with Crippen molar-refractivity contribution in [3.8, 4) is 0 Å². The molecule has 6 heteroatoms. The van der Waals surface area contributed by atoms with E-state index < -0.39 is 16.0 Å². The lowest BCUT2D eigenvalue weighted by Gasteiger charge is -2.05. The number of carbonyl (C=O) groups is 1. The lowest BCUT2D eigenvalue weighted by atomic mass is 10.2. The van der Waals surface area contributed by atoms with Gasteiger partial charge in [0.25, 0.3) is 10.0 Å². The summed E-state index contributed by atoms with van der Waals surface area (Å²) < 4.78 is 32.9. The molecule has 0 heterocycles. The maximum absolute atomic E-state index is 12.3. The van der Waals surface area contributed by atoms with Gasteiger partial charge < -0.3 is 4.74 Å². The standard InChI is InChI=1S/C16H15NO4S/c1-12-7-9-13(10-8-12)11-17-22(19,20)15-6-4-3-5-14(15)16(18)21-2/h3-11H,1-2H3. The molecular weight excluding hydrogens is 302 g/mol. The summed E-state index contributed by atoms with van der Waals surface area (Å²) in [6.45, 7) is 1.93. The molecule has 2 aromatic rings. The zero-order valence-electron chi connectivity index (χ0n) is 12.2. The normalized spacial score (nSPS) is 11.5. The maximum Gasteiger partial charge on any atom is 0.339 e. The number of hydrogen-bond donors (Lipinski definition) is 0. The molecule has 0 amide bonds. The number of esters is 1. The van der Waals surface area contributed by atoms with Crippen LogP contribution in [0.3, 0.4) is 0 Å². The summed E-state index contributed by atoms with van der Waals surface area (Å²) in [5, 5.41) is 0. The van der Waals surface area contributed by atoms with Gasteiger partial charge in [-0.05, 0) is 24.6 Å². The van der Waals surface area contributed by atoms with E-state index in [-0.39, 0.29) is 10.5 Å². The average molecular weight is 317 g/mol. The minimum absolute atomic E-state index is 0.0361. The quantitative estimate of drug-likeness (QED) is 0.642. The van der Waals surface area contributed by atoms with Crippen molar-refractivity contribution in [3.63, 3.8) is 0 Å². The Morgan fingerprint density at radius 3 is 2.36 bits per heavy atom. The first-order chi connectivity index (χ1) is 10.4. The molecule has 0 saturated carbocycles. The number of hydrogen-bond acceptors (Lipinski definition) is 4. The molecular formula is C16H15NO4S. The molecule has 2 aromatic carbocycles. The number of ether oxygens (including phenoxy) is 1. The minimum atomic E-state index is -3.99. The zero-order valence-corrected chi connectivity index (χ0v) is 13.0. The van der Waals surface area contributed by atoms with Gasteiger partial charge in [0.2, 0.25) is 0 Å². The smallest absolute Gasteiger partial charge is 0.339 e. The summed E-state index contributed by atoms with van der Waals surface area (Å²) in [7, 11) is -2.79. The number of sulfonamides is 1. The minimum Gasteiger partial charge on any atom is -0.465 e. The van der Waals surface area contributed by atoms with Gasteiger partial charge >= 0.3 is 5.97 Å². The Balaban J connectivity index is 2.39. The summed E-state index contributed by atoms with van der Waals surface area (Å²) in [5.41, 5.74) is 1.69. The molecule has 0 saturated heterocycles. The second-order valence-corrected chi connectivity index (χ2v) is 6.21. The fourth-order valence-electron chi connectivity index (χ4n) is 1.81. The number of carbonyl (C=O) groups excluding carboxylic acids is 1. The Kier molecular flexibility index (Phi) is 4.72. The third kappa shape index (κ3) is 3.59. The van der Waals surface area contributed by atoms with Gasteiger partial charge in [-0.1, -0.05) is 42.0 Å². The van der Waals surface area contributed by atoms with Gasteiger partial charge in [-0.15, -0.1) is 0 Å². The number of rotatable bonds is 4. The first-order valence-corrected chi connectivity index (χ1v) is 7.92. The summed E-state index contributed by atoms with van der Waals surface area (Å²) in [6, 6.07) is 13.1. The number of methoxy groups -OCH3 is 1. The van der Waals surface area contributed by atoms with Crippen molar-refractivity contribution in [1.29, 1.82) is 0 Å². The third-order valence-corrected chi connectivity index (χ3v) is 4.28. The highest BCUT2D eigenvalue weighted by atomic mass is 32.2. The van der Waals surface area contributed by atoms with Crippen molar-refractivity contribution in [3.05, 3.63) is 65.2 Å².